The molecule has 0 fully saturated rings. The van der Waals surface area contributed by atoms with Gasteiger partial charge in [0.1, 0.15) is 15.6 Å². The molecule has 0 aliphatic heterocycles. The van der Waals surface area contributed by atoms with Crippen LogP contribution in [0.25, 0.3) is 22.0 Å². The Morgan fingerprint density at radius 1 is 0.842 bits per heavy atom. The molecule has 1 heterocycles. The number of hydrogen-bond donors (Lipinski definition) is 0. The van der Waals surface area contributed by atoms with E-state index in [-0.39, 0.29) is 10.7 Å². The maximum Gasteiger partial charge on any atom is 0.175 e. The van der Waals surface area contributed by atoms with E-state index in [1.807, 2.05) is 48.5 Å². The van der Waals surface area contributed by atoms with Crippen LogP contribution in [-0.2, 0) is 37.3 Å². The zero-order chi connectivity index (χ0) is 27.7. The first-order chi connectivity index (χ1) is 17.8. The Kier molecular flexibility index (Phi) is 7.85. The quantitative estimate of drug-likeness (QED) is 0.285. The van der Waals surface area contributed by atoms with Gasteiger partial charge in [-0.05, 0) is 79.3 Å². The van der Waals surface area contributed by atoms with Crippen LogP contribution in [0.5, 0.6) is 0 Å². The number of Topliss-reactive ketones (excluding diaryl/α,β-unsaturated/α-hetero) is 1. The van der Waals surface area contributed by atoms with Crippen LogP contribution < -0.4 is 0 Å². The minimum atomic E-state index is -3.32. The van der Waals surface area contributed by atoms with Gasteiger partial charge in [0, 0.05) is 35.6 Å². The molecular weight excluding hydrogens is 518 g/mol. The Labute approximate surface area is 224 Å². The number of rotatable bonds is 9. The number of pyridine rings is 1. The van der Waals surface area contributed by atoms with Gasteiger partial charge >= 0.3 is 0 Å². The van der Waals surface area contributed by atoms with Crippen molar-refractivity contribution in [3.8, 4) is 11.1 Å². The number of hydrogen-bond acceptors (Lipinski definition) is 6. The van der Waals surface area contributed by atoms with E-state index in [4.69, 9.17) is 0 Å². The lowest BCUT2D eigenvalue weighted by Crippen LogP contribution is -2.18. The summed E-state index contributed by atoms with van der Waals surface area (Å²) in [4.78, 5) is 17.4. The van der Waals surface area contributed by atoms with Gasteiger partial charge in [0.2, 0.25) is 0 Å². The standard InChI is InChI=1S/C30H31NO5S2/c1-20(37(3,33)34)15-23-17-26-9-6-14-31-30(26)29(19-23)25-8-5-7-22(16-25)18-28(21(2)32)24-10-12-27(13-11-24)38(4,35)36/h5-14,16-17,19-20,28H,15,18H2,1-4H3. The van der Waals surface area contributed by atoms with E-state index in [0.717, 1.165) is 45.0 Å². The molecule has 0 saturated carbocycles. The maximum atomic E-state index is 12.6. The lowest BCUT2D eigenvalue weighted by Gasteiger charge is -2.17. The number of benzene rings is 3. The normalized spacial score (nSPS) is 13.8. The molecule has 2 atom stereocenters. The van der Waals surface area contributed by atoms with Crippen molar-refractivity contribution in [3.63, 3.8) is 0 Å². The average Bonchev–Trinajstić information content (AvgIpc) is 2.86. The number of ketones is 1. The predicted molar refractivity (Wildman–Crippen MR) is 152 cm³/mol. The summed E-state index contributed by atoms with van der Waals surface area (Å²) in [6.07, 6.45) is 5.00. The molecule has 0 aliphatic rings. The number of carbonyl (C=O) groups is 1. The minimum Gasteiger partial charge on any atom is -0.299 e. The van der Waals surface area contributed by atoms with Gasteiger partial charge in [-0.15, -0.1) is 0 Å². The van der Waals surface area contributed by atoms with E-state index in [9.17, 15) is 21.6 Å². The van der Waals surface area contributed by atoms with Gasteiger partial charge < -0.3 is 0 Å². The Hall–Kier alpha value is -3.36. The number of nitrogens with zero attached hydrogens (tertiary/aromatic N) is 1. The van der Waals surface area contributed by atoms with E-state index in [0.29, 0.717) is 12.8 Å². The fourth-order valence-corrected chi connectivity index (χ4v) is 5.75. The molecule has 0 radical (unpaired) electrons. The summed E-state index contributed by atoms with van der Waals surface area (Å²) in [6.45, 7) is 3.26. The van der Waals surface area contributed by atoms with Crippen molar-refractivity contribution in [3.05, 3.63) is 95.7 Å². The highest BCUT2D eigenvalue weighted by atomic mass is 32.2. The van der Waals surface area contributed by atoms with Crippen molar-refractivity contribution in [2.45, 2.75) is 42.8 Å². The van der Waals surface area contributed by atoms with Gasteiger partial charge in [0.05, 0.1) is 15.7 Å². The van der Waals surface area contributed by atoms with Crippen molar-refractivity contribution >= 4 is 36.4 Å². The summed E-state index contributed by atoms with van der Waals surface area (Å²) in [5.41, 5.74) is 5.27. The fourth-order valence-electron chi connectivity index (χ4n) is 4.62. The molecule has 0 amide bonds. The van der Waals surface area contributed by atoms with Crippen LogP contribution in [0.1, 0.15) is 36.5 Å². The Morgan fingerprint density at radius 3 is 2.18 bits per heavy atom. The van der Waals surface area contributed by atoms with Gasteiger partial charge in [-0.1, -0.05) is 42.5 Å². The summed E-state index contributed by atoms with van der Waals surface area (Å²) in [5, 5.41) is 0.417. The van der Waals surface area contributed by atoms with Crippen molar-refractivity contribution in [2.75, 3.05) is 12.5 Å². The number of aromatic nitrogens is 1. The number of fused-ring (bicyclic) bond motifs is 1. The second-order valence-electron chi connectivity index (χ2n) is 9.97. The Morgan fingerprint density at radius 2 is 1.55 bits per heavy atom. The number of carbonyl (C=O) groups excluding carboxylic acids is 1. The van der Waals surface area contributed by atoms with Crippen LogP contribution in [0.4, 0.5) is 0 Å². The molecule has 4 aromatic rings. The highest BCUT2D eigenvalue weighted by molar-refractivity contribution is 7.91. The number of sulfone groups is 2. The average molecular weight is 550 g/mol. The van der Waals surface area contributed by atoms with Crippen LogP contribution in [0.2, 0.25) is 0 Å². The lowest BCUT2D eigenvalue weighted by molar-refractivity contribution is -0.118. The van der Waals surface area contributed by atoms with Gasteiger partial charge in [-0.3, -0.25) is 9.78 Å². The van der Waals surface area contributed by atoms with Crippen LogP contribution in [0.15, 0.2) is 83.9 Å². The van der Waals surface area contributed by atoms with E-state index in [2.05, 4.69) is 4.98 Å². The molecule has 8 heteroatoms. The minimum absolute atomic E-state index is 0.00798. The smallest absolute Gasteiger partial charge is 0.175 e. The third kappa shape index (κ3) is 6.37. The molecule has 1 aromatic heterocycles. The van der Waals surface area contributed by atoms with Crippen LogP contribution in [-0.4, -0.2) is 45.4 Å². The summed E-state index contributed by atoms with van der Waals surface area (Å²) in [7, 11) is -6.50. The molecule has 0 aliphatic carbocycles. The Balaban J connectivity index is 1.72. The first kappa shape index (κ1) is 27.7. The topological polar surface area (TPSA) is 98.2 Å². The van der Waals surface area contributed by atoms with E-state index in [1.54, 1.807) is 32.2 Å². The van der Waals surface area contributed by atoms with Crippen molar-refractivity contribution < 1.29 is 21.6 Å². The highest BCUT2D eigenvalue weighted by Crippen LogP contribution is 2.32. The molecular formula is C30H31NO5S2. The monoisotopic (exact) mass is 549 g/mol. The van der Waals surface area contributed by atoms with Gasteiger partial charge in [-0.25, -0.2) is 16.8 Å². The first-order valence-corrected chi connectivity index (χ1v) is 16.1. The van der Waals surface area contributed by atoms with Crippen LogP contribution in [0.3, 0.4) is 0 Å². The molecule has 198 valence electrons. The zero-order valence-electron chi connectivity index (χ0n) is 21.9. The van der Waals surface area contributed by atoms with Crippen molar-refractivity contribution in [1.29, 1.82) is 0 Å². The highest BCUT2D eigenvalue weighted by Gasteiger charge is 2.20. The predicted octanol–water partition coefficient (Wildman–Crippen LogP) is 5.20. The summed E-state index contributed by atoms with van der Waals surface area (Å²) >= 11 is 0. The summed E-state index contributed by atoms with van der Waals surface area (Å²) < 4.78 is 47.8. The van der Waals surface area contributed by atoms with Crippen LogP contribution in [0, 0.1) is 0 Å². The molecule has 3 aromatic carbocycles. The largest absolute Gasteiger partial charge is 0.299 e. The van der Waals surface area contributed by atoms with Gasteiger partial charge in [0.15, 0.2) is 9.84 Å². The first-order valence-electron chi connectivity index (χ1n) is 12.3. The second kappa shape index (κ2) is 10.8. The molecule has 6 nitrogen and oxygen atoms in total. The second-order valence-corrected chi connectivity index (χ2v) is 14.5. The third-order valence-electron chi connectivity index (χ3n) is 6.90. The Bertz CT molecular complexity index is 1710. The molecule has 0 saturated heterocycles. The molecule has 0 bridgehead atoms. The molecule has 0 N–H and O–H groups in total. The van der Waals surface area contributed by atoms with Gasteiger partial charge in [-0.2, -0.15) is 0 Å². The fraction of sp³-hybridized carbons (Fsp3) is 0.267. The summed E-state index contributed by atoms with van der Waals surface area (Å²) in [5.74, 6) is -0.429. The molecule has 2 unspecified atom stereocenters. The third-order valence-corrected chi connectivity index (χ3v) is 9.65. The van der Waals surface area contributed by atoms with E-state index >= 15 is 0 Å². The maximum absolute atomic E-state index is 12.6. The summed E-state index contributed by atoms with van der Waals surface area (Å²) in [6, 6.07) is 22.2. The van der Waals surface area contributed by atoms with Crippen molar-refractivity contribution in [1.82, 2.24) is 4.98 Å². The SMILES string of the molecule is CC(=O)C(Cc1cccc(-c2cc(CC(C)S(C)(=O)=O)cc3cccnc23)c1)c1ccc(S(C)(=O)=O)cc1. The van der Waals surface area contributed by atoms with E-state index < -0.39 is 30.8 Å². The van der Waals surface area contributed by atoms with Gasteiger partial charge in [0.25, 0.3) is 0 Å². The molecule has 38 heavy (non-hydrogen) atoms. The molecule has 4 rings (SSSR count). The van der Waals surface area contributed by atoms with E-state index in [1.165, 1.54) is 18.4 Å². The molecule has 0 spiro atoms. The van der Waals surface area contributed by atoms with Crippen molar-refractivity contribution in [2.24, 2.45) is 0 Å². The van der Waals surface area contributed by atoms with Crippen LogP contribution >= 0.6 is 0 Å². The lowest BCUT2D eigenvalue weighted by atomic mass is 9.88. The zero-order valence-corrected chi connectivity index (χ0v) is 23.5.